The van der Waals surface area contributed by atoms with Crippen LogP contribution in [0.1, 0.15) is 6.92 Å². The van der Waals surface area contributed by atoms with Crippen LogP contribution in [0.4, 0.5) is 16.2 Å². The van der Waals surface area contributed by atoms with Crippen LogP contribution in [-0.4, -0.2) is 30.5 Å². The van der Waals surface area contributed by atoms with Crippen molar-refractivity contribution in [3.63, 3.8) is 0 Å². The van der Waals surface area contributed by atoms with Gasteiger partial charge in [-0.2, -0.15) is 0 Å². The van der Waals surface area contributed by atoms with Crippen LogP contribution >= 0.6 is 22.9 Å². The summed E-state index contributed by atoms with van der Waals surface area (Å²) in [4.78, 5) is 29.4. The topological polar surface area (TPSA) is 122 Å². The van der Waals surface area contributed by atoms with Crippen LogP contribution in [0.25, 0.3) is 16.6 Å². The van der Waals surface area contributed by atoms with Crippen molar-refractivity contribution < 1.29 is 13.2 Å². The lowest BCUT2D eigenvalue weighted by Crippen LogP contribution is -2.33. The van der Waals surface area contributed by atoms with E-state index in [1.807, 2.05) is 23.8 Å². The molecule has 12 heteroatoms. The van der Waals surface area contributed by atoms with Crippen LogP contribution in [0.5, 0.6) is 0 Å². The van der Waals surface area contributed by atoms with Gasteiger partial charge < -0.3 is 10.6 Å². The maximum atomic E-state index is 12.9. The molecule has 9 nitrogen and oxygen atoms in total. The Bertz CT molecular complexity index is 1500. The third kappa shape index (κ3) is 5.00. The van der Waals surface area contributed by atoms with Crippen molar-refractivity contribution in [3.05, 3.63) is 75.6 Å². The monoisotopic (exact) mass is 503 g/mol. The normalized spacial score (nSPS) is 11.3. The first-order valence-electron chi connectivity index (χ1n) is 9.72. The molecule has 0 bridgehead atoms. The lowest BCUT2D eigenvalue weighted by Gasteiger charge is -2.10. The fourth-order valence-corrected chi connectivity index (χ4v) is 5.49. The molecule has 33 heavy (non-hydrogen) atoms. The quantitative estimate of drug-likeness (QED) is 0.365. The number of carbonyl (C=O) groups is 1. The molecule has 0 unspecified atom stereocenters. The zero-order valence-electron chi connectivity index (χ0n) is 17.2. The Hall–Kier alpha value is -3.41. The highest BCUT2D eigenvalue weighted by molar-refractivity contribution is 7.92. The van der Waals surface area contributed by atoms with Crippen LogP contribution in [0.15, 0.2) is 69.9 Å². The van der Waals surface area contributed by atoms with Crippen molar-refractivity contribution in [2.45, 2.75) is 11.1 Å². The van der Waals surface area contributed by atoms with Gasteiger partial charge in [-0.15, -0.1) is 11.3 Å². The Kier molecular flexibility index (Phi) is 6.36. The van der Waals surface area contributed by atoms with Gasteiger partial charge in [-0.1, -0.05) is 11.6 Å². The smallest absolute Gasteiger partial charge is 0.333 e. The van der Waals surface area contributed by atoms with E-state index in [2.05, 4.69) is 15.6 Å². The van der Waals surface area contributed by atoms with Crippen LogP contribution in [0, 0.1) is 0 Å². The number of fused-ring (bicyclic) bond motifs is 1. The molecule has 4 rings (SSSR count). The number of amides is 2. The number of carbonyl (C=O) groups excluding carboxylic acids is 1. The minimum Gasteiger partial charge on any atom is -0.385 e. The second-order valence-electron chi connectivity index (χ2n) is 6.85. The maximum absolute atomic E-state index is 12.9. The molecule has 2 heterocycles. The van der Waals surface area contributed by atoms with E-state index in [4.69, 9.17) is 11.6 Å². The van der Waals surface area contributed by atoms with E-state index in [1.165, 1.54) is 23.0 Å². The van der Waals surface area contributed by atoms with E-state index in [0.717, 1.165) is 23.6 Å². The first kappa shape index (κ1) is 22.8. The minimum atomic E-state index is -4.03. The molecule has 2 aromatic heterocycles. The van der Waals surface area contributed by atoms with Gasteiger partial charge in [0.05, 0.1) is 20.9 Å². The molecule has 0 atom stereocenters. The van der Waals surface area contributed by atoms with Crippen LogP contribution in [0.2, 0.25) is 4.34 Å². The molecular weight excluding hydrogens is 486 g/mol. The second kappa shape index (κ2) is 9.22. The molecular formula is C21H18ClN5O4S2. The number of sulfonamides is 1. The number of hydrogen-bond donors (Lipinski definition) is 3. The zero-order valence-corrected chi connectivity index (χ0v) is 19.6. The Labute approximate surface area is 198 Å². The Morgan fingerprint density at radius 1 is 1.09 bits per heavy atom. The lowest BCUT2D eigenvalue weighted by atomic mass is 10.2. The van der Waals surface area contributed by atoms with E-state index < -0.39 is 16.1 Å². The minimum absolute atomic E-state index is 0.0706. The van der Waals surface area contributed by atoms with Gasteiger partial charge >= 0.3 is 6.03 Å². The molecule has 0 fully saturated rings. The largest absolute Gasteiger partial charge is 0.385 e. The number of rotatable bonds is 6. The van der Waals surface area contributed by atoms with Gasteiger partial charge in [-0.25, -0.2) is 22.9 Å². The Balaban J connectivity index is 1.50. The van der Waals surface area contributed by atoms with E-state index in [1.54, 1.807) is 30.3 Å². The van der Waals surface area contributed by atoms with E-state index in [0.29, 0.717) is 26.6 Å². The van der Waals surface area contributed by atoms with E-state index in [-0.39, 0.29) is 9.77 Å². The summed E-state index contributed by atoms with van der Waals surface area (Å²) >= 11 is 6.60. The Morgan fingerprint density at radius 2 is 1.82 bits per heavy atom. The molecule has 170 valence electrons. The second-order valence-corrected chi connectivity index (χ2v) is 10.5. The fraction of sp³-hybridized carbons (Fsp3) is 0.0952. The Morgan fingerprint density at radius 3 is 2.48 bits per heavy atom. The van der Waals surface area contributed by atoms with Gasteiger partial charge in [-0.3, -0.25) is 9.36 Å². The van der Waals surface area contributed by atoms with Gasteiger partial charge in [-0.05, 0) is 61.5 Å². The average Bonchev–Trinajstić information content (AvgIpc) is 3.22. The lowest BCUT2D eigenvalue weighted by molar-refractivity contribution is 0.256. The molecule has 0 saturated carbocycles. The summed E-state index contributed by atoms with van der Waals surface area (Å²) in [6, 6.07) is 13.5. The summed E-state index contributed by atoms with van der Waals surface area (Å²) in [5, 5.41) is 6.10. The molecule has 2 aromatic carbocycles. The van der Waals surface area contributed by atoms with Gasteiger partial charge in [0.15, 0.2) is 0 Å². The molecule has 0 spiro atoms. The number of anilines is 2. The average molecular weight is 504 g/mol. The number of thiophene rings is 1. The van der Waals surface area contributed by atoms with Crippen molar-refractivity contribution in [1.29, 1.82) is 0 Å². The molecule has 3 N–H and O–H groups in total. The summed E-state index contributed by atoms with van der Waals surface area (Å²) < 4.78 is 28.0. The van der Waals surface area contributed by atoms with Crippen molar-refractivity contribution in [2.24, 2.45) is 0 Å². The number of nitrogens with zero attached hydrogens (tertiary/aromatic N) is 2. The molecule has 4 aromatic rings. The number of urea groups is 1. The van der Waals surface area contributed by atoms with Crippen LogP contribution < -0.4 is 20.9 Å². The van der Waals surface area contributed by atoms with E-state index >= 15 is 0 Å². The number of halogens is 1. The fourth-order valence-electron chi connectivity index (χ4n) is 3.10. The first-order valence-corrected chi connectivity index (χ1v) is 12.4. The molecule has 0 saturated heterocycles. The maximum Gasteiger partial charge on any atom is 0.333 e. The van der Waals surface area contributed by atoms with Gasteiger partial charge in [0.25, 0.3) is 15.6 Å². The van der Waals surface area contributed by atoms with Crippen molar-refractivity contribution >= 4 is 61.3 Å². The summed E-state index contributed by atoms with van der Waals surface area (Å²) in [6.07, 6.45) is 1.44. The highest BCUT2D eigenvalue weighted by Gasteiger charge is 2.19. The third-order valence-corrected chi connectivity index (χ3v) is 7.64. The van der Waals surface area contributed by atoms with E-state index in [9.17, 15) is 18.0 Å². The molecule has 0 radical (unpaired) electrons. The summed E-state index contributed by atoms with van der Waals surface area (Å²) in [5.41, 5.74) is 2.11. The summed E-state index contributed by atoms with van der Waals surface area (Å²) in [6.45, 7) is 2.74. The zero-order chi connectivity index (χ0) is 23.6. The molecule has 0 aliphatic heterocycles. The molecule has 2 amide bonds. The predicted molar refractivity (Wildman–Crippen MR) is 130 cm³/mol. The van der Waals surface area contributed by atoms with Gasteiger partial charge in [0.2, 0.25) is 0 Å². The summed E-state index contributed by atoms with van der Waals surface area (Å²) in [5.74, 6) is 0. The van der Waals surface area contributed by atoms with Crippen LogP contribution in [0.3, 0.4) is 0 Å². The van der Waals surface area contributed by atoms with Gasteiger partial charge in [0.1, 0.15) is 10.5 Å². The van der Waals surface area contributed by atoms with Crippen molar-refractivity contribution in [2.75, 3.05) is 17.2 Å². The number of nitrogens with one attached hydrogen (secondary N) is 3. The van der Waals surface area contributed by atoms with Crippen LogP contribution in [-0.2, 0) is 10.0 Å². The first-order chi connectivity index (χ1) is 15.8. The highest BCUT2D eigenvalue weighted by atomic mass is 35.5. The molecule has 0 aliphatic carbocycles. The SMILES string of the molecule is CCNc1ccc2c(=O)n(-c3ccc(NC(=O)NS(=O)(=O)c4ccc(Cl)s4)cc3)cnc2c1. The third-order valence-electron chi connectivity index (χ3n) is 4.58. The highest BCUT2D eigenvalue weighted by Crippen LogP contribution is 2.25. The molecule has 0 aliphatic rings. The predicted octanol–water partition coefficient (Wildman–Crippen LogP) is 4.04. The number of aromatic nitrogens is 2. The summed E-state index contributed by atoms with van der Waals surface area (Å²) in [7, 11) is -4.03. The van der Waals surface area contributed by atoms with Crippen molar-refractivity contribution in [3.8, 4) is 5.69 Å². The standard InChI is InChI=1S/C21H18ClN5O4S2/c1-2-23-14-5-8-16-17(11-14)24-12-27(20(16)28)15-6-3-13(4-7-15)25-21(29)26-33(30,31)19-10-9-18(22)32-19/h3-12,23H,2H2,1H3,(H2,25,26,29). The van der Waals surface area contributed by atoms with Crippen molar-refractivity contribution in [1.82, 2.24) is 14.3 Å². The number of benzene rings is 2. The number of hydrogen-bond acceptors (Lipinski definition) is 7. The van der Waals surface area contributed by atoms with Gasteiger partial charge in [0, 0.05) is 17.9 Å².